The van der Waals surface area contributed by atoms with E-state index in [4.69, 9.17) is 20.8 Å². The van der Waals surface area contributed by atoms with Gasteiger partial charge in [-0.05, 0) is 23.4 Å². The lowest BCUT2D eigenvalue weighted by Crippen LogP contribution is -2.30. The largest absolute Gasteiger partial charge is 0.481 e. The number of nitrogens with zero attached hydrogens (tertiary/aromatic N) is 6. The van der Waals surface area contributed by atoms with Crippen LogP contribution in [0.15, 0.2) is 30.5 Å². The molecule has 1 aromatic carbocycles. The Bertz CT molecular complexity index is 1100. The van der Waals surface area contributed by atoms with Crippen molar-refractivity contribution in [3.05, 3.63) is 47.7 Å². The van der Waals surface area contributed by atoms with Crippen molar-refractivity contribution in [1.82, 2.24) is 25.2 Å². The van der Waals surface area contributed by atoms with Gasteiger partial charge >= 0.3 is 5.97 Å². The lowest BCUT2D eigenvalue weighted by Gasteiger charge is -2.07. The van der Waals surface area contributed by atoms with Gasteiger partial charge in [0.1, 0.15) is 17.6 Å². The molecule has 12 heteroatoms. The summed E-state index contributed by atoms with van der Waals surface area (Å²) in [7, 11) is 0. The zero-order chi connectivity index (χ0) is 21.0. The van der Waals surface area contributed by atoms with E-state index < -0.39 is 29.5 Å². The van der Waals surface area contributed by atoms with Crippen LogP contribution in [0.5, 0.6) is 11.6 Å². The molecule has 0 saturated carbocycles. The third kappa shape index (κ3) is 4.85. The first kappa shape index (κ1) is 19.8. The summed E-state index contributed by atoms with van der Waals surface area (Å²) in [6.07, 6.45) is 0.845. The summed E-state index contributed by atoms with van der Waals surface area (Å²) in [5.41, 5.74) is 5.68. The number of nitriles is 1. The highest BCUT2D eigenvalue weighted by Gasteiger charge is 2.16. The number of hydrogen-bond donors (Lipinski definition) is 2. The maximum absolute atomic E-state index is 14.4. The van der Waals surface area contributed by atoms with Crippen LogP contribution in [-0.4, -0.2) is 42.3 Å². The molecular formula is C17H13F2N7O3. The van der Waals surface area contributed by atoms with Crippen molar-refractivity contribution in [2.45, 2.75) is 19.0 Å². The number of aromatic nitrogens is 5. The molecule has 0 aliphatic rings. The van der Waals surface area contributed by atoms with Gasteiger partial charge in [0.15, 0.2) is 5.82 Å². The van der Waals surface area contributed by atoms with Gasteiger partial charge in [-0.2, -0.15) is 10.1 Å². The highest BCUT2D eigenvalue weighted by molar-refractivity contribution is 5.67. The summed E-state index contributed by atoms with van der Waals surface area (Å²) in [5, 5.41) is 28.8. The van der Waals surface area contributed by atoms with E-state index in [9.17, 15) is 13.6 Å². The molecule has 0 amide bonds. The molecule has 0 spiro atoms. The quantitative estimate of drug-likeness (QED) is 0.599. The maximum atomic E-state index is 14.4. The van der Waals surface area contributed by atoms with E-state index in [0.717, 1.165) is 23.1 Å². The van der Waals surface area contributed by atoms with Crippen LogP contribution in [0.25, 0.3) is 11.4 Å². The van der Waals surface area contributed by atoms with Crippen LogP contribution in [-0.2, 0) is 11.3 Å². The van der Waals surface area contributed by atoms with Gasteiger partial charge in [-0.15, -0.1) is 10.2 Å². The highest BCUT2D eigenvalue weighted by atomic mass is 19.1. The molecule has 3 N–H and O–H groups in total. The second-order valence-corrected chi connectivity index (χ2v) is 5.89. The van der Waals surface area contributed by atoms with E-state index in [2.05, 4.69) is 20.4 Å². The fraction of sp³-hybridized carbons (Fsp3) is 0.176. The SMILES string of the molecule is N#Cc1cnc(Oc2ccc(-c3nnn(CC(N)CC(=O)O)n3)c(F)c2)c(F)c1. The van der Waals surface area contributed by atoms with Crippen molar-refractivity contribution in [2.24, 2.45) is 5.73 Å². The van der Waals surface area contributed by atoms with Gasteiger partial charge in [0.05, 0.1) is 24.1 Å². The van der Waals surface area contributed by atoms with Gasteiger partial charge in [0.25, 0.3) is 5.88 Å². The summed E-state index contributed by atoms with van der Waals surface area (Å²) >= 11 is 0. The number of nitrogens with two attached hydrogens (primary N) is 1. The number of pyridine rings is 1. The molecule has 148 valence electrons. The summed E-state index contributed by atoms with van der Waals surface area (Å²) in [4.78, 5) is 15.4. The molecule has 0 saturated heterocycles. The van der Waals surface area contributed by atoms with Crippen LogP contribution in [0.2, 0.25) is 0 Å². The second-order valence-electron chi connectivity index (χ2n) is 5.89. The molecule has 2 aromatic heterocycles. The molecule has 2 heterocycles. The third-order valence-electron chi connectivity index (χ3n) is 3.62. The number of halogens is 2. The van der Waals surface area contributed by atoms with E-state index >= 15 is 0 Å². The van der Waals surface area contributed by atoms with Crippen LogP contribution < -0.4 is 10.5 Å². The van der Waals surface area contributed by atoms with Crippen LogP contribution >= 0.6 is 0 Å². The van der Waals surface area contributed by atoms with Crippen LogP contribution in [0, 0.1) is 23.0 Å². The molecule has 0 aliphatic carbocycles. The van der Waals surface area contributed by atoms with Crippen molar-refractivity contribution in [3.8, 4) is 29.1 Å². The smallest absolute Gasteiger partial charge is 0.304 e. The molecule has 0 fully saturated rings. The molecule has 1 atom stereocenters. The number of hydrogen-bond acceptors (Lipinski definition) is 8. The molecule has 0 bridgehead atoms. The maximum Gasteiger partial charge on any atom is 0.304 e. The molecule has 29 heavy (non-hydrogen) atoms. The van der Waals surface area contributed by atoms with Gasteiger partial charge in [0, 0.05) is 18.3 Å². The van der Waals surface area contributed by atoms with E-state index in [1.54, 1.807) is 6.07 Å². The minimum absolute atomic E-state index is 0.00339. The normalized spacial score (nSPS) is 11.7. The van der Waals surface area contributed by atoms with E-state index in [1.807, 2.05) is 0 Å². The number of carbonyl (C=O) groups is 1. The number of ether oxygens (including phenoxy) is 1. The van der Waals surface area contributed by atoms with Gasteiger partial charge in [0.2, 0.25) is 5.82 Å². The number of benzene rings is 1. The second kappa shape index (κ2) is 8.36. The summed E-state index contributed by atoms with van der Waals surface area (Å²) in [6, 6.07) is 5.61. The van der Waals surface area contributed by atoms with Crippen molar-refractivity contribution < 1.29 is 23.4 Å². The van der Waals surface area contributed by atoms with E-state index in [-0.39, 0.29) is 35.7 Å². The van der Waals surface area contributed by atoms with Crippen molar-refractivity contribution in [1.29, 1.82) is 5.26 Å². The number of aliphatic carboxylic acids is 1. The number of tetrazole rings is 1. The van der Waals surface area contributed by atoms with Crippen molar-refractivity contribution in [2.75, 3.05) is 0 Å². The average molecular weight is 401 g/mol. The Labute approximate surface area is 162 Å². The fourth-order valence-electron chi connectivity index (χ4n) is 2.34. The first-order valence-electron chi connectivity index (χ1n) is 8.14. The molecule has 0 radical (unpaired) electrons. The molecule has 1 unspecified atom stereocenters. The van der Waals surface area contributed by atoms with Gasteiger partial charge in [-0.3, -0.25) is 4.79 Å². The molecular weight excluding hydrogens is 388 g/mol. The summed E-state index contributed by atoms with van der Waals surface area (Å²) < 4.78 is 33.5. The summed E-state index contributed by atoms with van der Waals surface area (Å²) in [5.74, 6) is -3.17. The lowest BCUT2D eigenvalue weighted by molar-refractivity contribution is -0.137. The standard InChI is InChI=1S/C17H13F2N7O3/c18-13-5-11(29-17-14(19)3-9(6-20)7-22-17)1-2-12(13)16-23-25-26(24-16)8-10(21)4-15(27)28/h1-3,5,7,10H,4,8,21H2,(H,27,28). The Morgan fingerprint density at radius 1 is 1.34 bits per heavy atom. The van der Waals surface area contributed by atoms with E-state index in [1.165, 1.54) is 12.1 Å². The predicted octanol–water partition coefficient (Wildman–Crippen LogP) is 1.48. The van der Waals surface area contributed by atoms with Crippen LogP contribution in [0.3, 0.4) is 0 Å². The zero-order valence-electron chi connectivity index (χ0n) is 14.7. The van der Waals surface area contributed by atoms with Crippen LogP contribution in [0.4, 0.5) is 8.78 Å². The molecule has 10 nitrogen and oxygen atoms in total. The number of rotatable bonds is 7. The summed E-state index contributed by atoms with van der Waals surface area (Å²) in [6.45, 7) is -0.00818. The predicted molar refractivity (Wildman–Crippen MR) is 92.4 cm³/mol. The van der Waals surface area contributed by atoms with Gasteiger partial charge in [-0.1, -0.05) is 0 Å². The average Bonchev–Trinajstić information content (AvgIpc) is 3.10. The van der Waals surface area contributed by atoms with E-state index in [0.29, 0.717) is 0 Å². The minimum atomic E-state index is -1.06. The third-order valence-corrected chi connectivity index (χ3v) is 3.62. The van der Waals surface area contributed by atoms with Crippen molar-refractivity contribution in [3.63, 3.8) is 0 Å². The molecule has 3 aromatic rings. The Morgan fingerprint density at radius 2 is 2.14 bits per heavy atom. The topological polar surface area (TPSA) is 153 Å². The van der Waals surface area contributed by atoms with Gasteiger partial charge < -0.3 is 15.6 Å². The monoisotopic (exact) mass is 401 g/mol. The highest BCUT2D eigenvalue weighted by Crippen LogP contribution is 2.27. The zero-order valence-corrected chi connectivity index (χ0v) is 14.7. The van der Waals surface area contributed by atoms with Crippen molar-refractivity contribution >= 4 is 5.97 Å². The lowest BCUT2D eigenvalue weighted by atomic mass is 10.2. The molecule has 3 rings (SSSR count). The number of carboxylic acids is 1. The Balaban J connectivity index is 1.75. The fourth-order valence-corrected chi connectivity index (χ4v) is 2.34. The first-order valence-corrected chi connectivity index (χ1v) is 8.14. The Kier molecular flexibility index (Phi) is 5.70. The van der Waals surface area contributed by atoms with Crippen LogP contribution in [0.1, 0.15) is 12.0 Å². The Morgan fingerprint density at radius 3 is 2.79 bits per heavy atom. The Hall–Kier alpha value is -3.98. The number of carboxylic acid groups (broad SMARTS) is 1. The molecule has 0 aliphatic heterocycles. The van der Waals surface area contributed by atoms with Gasteiger partial charge in [-0.25, -0.2) is 13.8 Å². The minimum Gasteiger partial charge on any atom is -0.481 e. The first-order chi connectivity index (χ1) is 13.9.